The van der Waals surface area contributed by atoms with Crippen molar-refractivity contribution in [2.24, 2.45) is 0 Å². The van der Waals surface area contributed by atoms with Gasteiger partial charge in [0.1, 0.15) is 0 Å². The van der Waals surface area contributed by atoms with Crippen LogP contribution in [0, 0.1) is 17.0 Å². The molecule has 0 unspecified atom stereocenters. The number of halogens is 2. The average Bonchev–Trinajstić information content (AvgIpc) is 2.36. The Morgan fingerprint density at radius 1 is 1.15 bits per heavy atom. The number of hydrogen-bond donors (Lipinski definition) is 1. The molecule has 104 valence electrons. The van der Waals surface area contributed by atoms with Crippen molar-refractivity contribution in [2.75, 3.05) is 5.32 Å². The van der Waals surface area contributed by atoms with Gasteiger partial charge in [-0.15, -0.1) is 0 Å². The van der Waals surface area contributed by atoms with Crippen LogP contribution in [0.2, 0.25) is 10.0 Å². The maximum Gasteiger partial charge on any atom is 0.272 e. The molecule has 0 heterocycles. The highest BCUT2D eigenvalue weighted by molar-refractivity contribution is 6.35. The van der Waals surface area contributed by atoms with Crippen molar-refractivity contribution in [1.82, 2.24) is 0 Å². The van der Waals surface area contributed by atoms with Crippen LogP contribution in [0.15, 0.2) is 36.4 Å². The Labute approximate surface area is 126 Å². The number of aryl methyl sites for hydroxylation is 1. The summed E-state index contributed by atoms with van der Waals surface area (Å²) in [5.74, 6) is 0. The Kier molecular flexibility index (Phi) is 4.47. The average molecular weight is 311 g/mol. The number of hydrogen-bond acceptors (Lipinski definition) is 3. The number of nitro groups is 1. The van der Waals surface area contributed by atoms with Crippen LogP contribution in [-0.2, 0) is 6.54 Å². The number of nitro benzene ring substituents is 1. The van der Waals surface area contributed by atoms with Crippen LogP contribution < -0.4 is 5.32 Å². The maximum atomic E-state index is 10.9. The van der Waals surface area contributed by atoms with E-state index in [9.17, 15) is 10.1 Å². The van der Waals surface area contributed by atoms with E-state index in [1.165, 1.54) is 0 Å². The molecule has 0 spiro atoms. The largest absolute Gasteiger partial charge is 0.381 e. The lowest BCUT2D eigenvalue weighted by Gasteiger charge is -2.08. The lowest BCUT2D eigenvalue weighted by molar-refractivity contribution is -0.385. The van der Waals surface area contributed by atoms with Gasteiger partial charge in [-0.25, -0.2) is 0 Å². The molecule has 0 aliphatic rings. The molecule has 0 bridgehead atoms. The molecule has 2 aromatic carbocycles. The summed E-state index contributed by atoms with van der Waals surface area (Å²) < 4.78 is 0. The third-order valence-corrected chi connectivity index (χ3v) is 3.27. The molecule has 4 nitrogen and oxygen atoms in total. The second kappa shape index (κ2) is 6.11. The Hall–Kier alpha value is -1.78. The van der Waals surface area contributed by atoms with Gasteiger partial charge in [0.05, 0.1) is 4.92 Å². The van der Waals surface area contributed by atoms with Crippen molar-refractivity contribution in [1.29, 1.82) is 0 Å². The molecule has 2 rings (SSSR count). The summed E-state index contributed by atoms with van der Waals surface area (Å²) in [5, 5.41) is 15.1. The van der Waals surface area contributed by atoms with Gasteiger partial charge in [0, 0.05) is 33.9 Å². The first kappa shape index (κ1) is 14.6. The maximum absolute atomic E-state index is 10.9. The van der Waals surface area contributed by atoms with Gasteiger partial charge in [0.25, 0.3) is 5.69 Å². The van der Waals surface area contributed by atoms with Crippen molar-refractivity contribution < 1.29 is 4.92 Å². The highest BCUT2D eigenvalue weighted by Crippen LogP contribution is 2.24. The Balaban J connectivity index is 2.14. The summed E-state index contributed by atoms with van der Waals surface area (Å²) in [6, 6.07) is 10.3. The molecule has 0 aliphatic carbocycles. The fraction of sp³-hybridized carbons (Fsp3) is 0.143. The first-order chi connectivity index (χ1) is 9.45. The van der Waals surface area contributed by atoms with Crippen LogP contribution in [0.25, 0.3) is 0 Å². The summed E-state index contributed by atoms with van der Waals surface area (Å²) in [5.41, 5.74) is 2.35. The van der Waals surface area contributed by atoms with Crippen LogP contribution in [0.4, 0.5) is 11.4 Å². The zero-order valence-corrected chi connectivity index (χ0v) is 12.2. The summed E-state index contributed by atoms with van der Waals surface area (Å²) >= 11 is 11.8. The first-order valence-electron chi connectivity index (χ1n) is 5.89. The van der Waals surface area contributed by atoms with Crippen LogP contribution >= 0.6 is 23.2 Å². The van der Waals surface area contributed by atoms with Crippen molar-refractivity contribution in [3.8, 4) is 0 Å². The minimum absolute atomic E-state index is 0.119. The van der Waals surface area contributed by atoms with Gasteiger partial charge in [0.2, 0.25) is 0 Å². The Morgan fingerprint density at radius 2 is 1.80 bits per heavy atom. The minimum atomic E-state index is -0.380. The second-order valence-electron chi connectivity index (χ2n) is 4.39. The fourth-order valence-electron chi connectivity index (χ4n) is 1.82. The zero-order chi connectivity index (χ0) is 14.7. The molecule has 20 heavy (non-hydrogen) atoms. The topological polar surface area (TPSA) is 55.2 Å². The highest BCUT2D eigenvalue weighted by Gasteiger charge is 2.10. The molecule has 0 fully saturated rings. The Bertz CT molecular complexity index is 639. The van der Waals surface area contributed by atoms with Crippen molar-refractivity contribution in [2.45, 2.75) is 13.5 Å². The first-order valence-corrected chi connectivity index (χ1v) is 6.65. The van der Waals surface area contributed by atoms with Gasteiger partial charge in [-0.1, -0.05) is 35.3 Å². The number of rotatable bonds is 4. The fourth-order valence-corrected chi connectivity index (χ4v) is 2.35. The van der Waals surface area contributed by atoms with Crippen LogP contribution in [0.5, 0.6) is 0 Å². The number of anilines is 1. The molecule has 0 amide bonds. The molecule has 0 aliphatic heterocycles. The second-order valence-corrected chi connectivity index (χ2v) is 5.26. The van der Waals surface area contributed by atoms with E-state index in [0.29, 0.717) is 22.2 Å². The van der Waals surface area contributed by atoms with Crippen molar-refractivity contribution in [3.05, 3.63) is 67.7 Å². The van der Waals surface area contributed by atoms with Gasteiger partial charge in [-0.05, 0) is 30.7 Å². The summed E-state index contributed by atoms with van der Waals surface area (Å²) in [6.07, 6.45) is 0. The predicted octanol–water partition coefficient (Wildman–Crippen LogP) is 4.82. The molecule has 2 aromatic rings. The molecule has 0 aromatic heterocycles. The van der Waals surface area contributed by atoms with Gasteiger partial charge < -0.3 is 5.32 Å². The smallest absolute Gasteiger partial charge is 0.272 e. The standard InChI is InChI=1S/C14H12Cl2N2O2/c1-9-2-3-10(4-14(9)18(19)20)8-17-13-6-11(15)5-12(16)7-13/h2-7,17H,8H2,1H3. The van der Waals surface area contributed by atoms with E-state index in [4.69, 9.17) is 23.2 Å². The predicted molar refractivity (Wildman–Crippen MR) is 81.6 cm³/mol. The molecule has 0 atom stereocenters. The van der Waals surface area contributed by atoms with E-state index < -0.39 is 0 Å². The van der Waals surface area contributed by atoms with E-state index in [-0.39, 0.29) is 10.6 Å². The molecule has 0 radical (unpaired) electrons. The van der Waals surface area contributed by atoms with Crippen molar-refractivity contribution >= 4 is 34.6 Å². The summed E-state index contributed by atoms with van der Waals surface area (Å²) in [4.78, 5) is 10.5. The number of benzene rings is 2. The quantitative estimate of drug-likeness (QED) is 0.650. The monoisotopic (exact) mass is 310 g/mol. The normalized spacial score (nSPS) is 10.3. The van der Waals surface area contributed by atoms with E-state index in [1.54, 1.807) is 37.3 Å². The summed E-state index contributed by atoms with van der Waals surface area (Å²) in [7, 11) is 0. The molecular weight excluding hydrogens is 299 g/mol. The third-order valence-electron chi connectivity index (χ3n) is 2.83. The highest BCUT2D eigenvalue weighted by atomic mass is 35.5. The van der Waals surface area contributed by atoms with Crippen LogP contribution in [0.3, 0.4) is 0 Å². The minimum Gasteiger partial charge on any atom is -0.381 e. The van der Waals surface area contributed by atoms with E-state index in [0.717, 1.165) is 11.3 Å². The van der Waals surface area contributed by atoms with E-state index in [1.807, 2.05) is 6.07 Å². The lowest BCUT2D eigenvalue weighted by Crippen LogP contribution is -2.01. The molecule has 0 saturated carbocycles. The molecule has 0 saturated heterocycles. The van der Waals surface area contributed by atoms with Gasteiger partial charge in [0.15, 0.2) is 0 Å². The van der Waals surface area contributed by atoms with E-state index in [2.05, 4.69) is 5.32 Å². The molecule has 1 N–H and O–H groups in total. The molecule has 6 heteroatoms. The number of nitrogens with one attached hydrogen (secondary N) is 1. The van der Waals surface area contributed by atoms with Crippen LogP contribution in [-0.4, -0.2) is 4.92 Å². The van der Waals surface area contributed by atoms with Crippen LogP contribution in [0.1, 0.15) is 11.1 Å². The van der Waals surface area contributed by atoms with Crippen molar-refractivity contribution in [3.63, 3.8) is 0 Å². The van der Waals surface area contributed by atoms with Gasteiger partial charge in [-0.3, -0.25) is 10.1 Å². The zero-order valence-electron chi connectivity index (χ0n) is 10.7. The van der Waals surface area contributed by atoms with E-state index >= 15 is 0 Å². The van der Waals surface area contributed by atoms with Gasteiger partial charge in [-0.2, -0.15) is 0 Å². The molecular formula is C14H12Cl2N2O2. The lowest BCUT2D eigenvalue weighted by atomic mass is 10.1. The summed E-state index contributed by atoms with van der Waals surface area (Å²) in [6.45, 7) is 2.17. The van der Waals surface area contributed by atoms with Gasteiger partial charge >= 0.3 is 0 Å². The number of nitrogens with zero attached hydrogens (tertiary/aromatic N) is 1. The SMILES string of the molecule is Cc1ccc(CNc2cc(Cl)cc(Cl)c2)cc1[N+](=O)[O-]. The Morgan fingerprint density at radius 3 is 2.40 bits per heavy atom. The third kappa shape index (κ3) is 3.62.